The fourth-order valence-electron chi connectivity index (χ4n) is 3.13. The third-order valence-electron chi connectivity index (χ3n) is 4.59. The Morgan fingerprint density at radius 1 is 1.18 bits per heavy atom. The molecule has 1 aliphatic heterocycles. The zero-order valence-electron chi connectivity index (χ0n) is 17.2. The van der Waals surface area contributed by atoms with Gasteiger partial charge >= 0.3 is 0 Å². The van der Waals surface area contributed by atoms with Crippen LogP contribution in [0.2, 0.25) is 0 Å². The molecule has 1 fully saturated rings. The molecule has 2 N–H and O–H groups in total. The molecule has 1 saturated heterocycles. The topological polar surface area (TPSA) is 87.7 Å². The number of hydrogen-bond acceptors (Lipinski definition) is 4. The highest BCUT2D eigenvalue weighted by Gasteiger charge is 2.33. The van der Waals surface area contributed by atoms with Crippen LogP contribution in [0.25, 0.3) is 0 Å². The van der Waals surface area contributed by atoms with Gasteiger partial charge in [-0.15, -0.1) is 0 Å². The number of anilines is 1. The first-order chi connectivity index (χ1) is 13.2. The first-order valence-corrected chi connectivity index (χ1v) is 9.80. The number of amides is 3. The fourth-order valence-corrected chi connectivity index (χ4v) is 3.13. The van der Waals surface area contributed by atoms with E-state index in [2.05, 4.69) is 10.6 Å². The molecule has 1 aromatic carbocycles. The number of nitrogens with zero attached hydrogens (tertiary/aromatic N) is 1. The van der Waals surface area contributed by atoms with E-state index in [1.165, 1.54) is 0 Å². The summed E-state index contributed by atoms with van der Waals surface area (Å²) in [5.41, 5.74) is 0.219. The van der Waals surface area contributed by atoms with Crippen LogP contribution < -0.4 is 15.4 Å². The van der Waals surface area contributed by atoms with Gasteiger partial charge in [-0.05, 0) is 44.0 Å². The van der Waals surface area contributed by atoms with Crippen LogP contribution in [0.1, 0.15) is 40.5 Å². The average molecular weight is 389 g/mol. The van der Waals surface area contributed by atoms with Crippen LogP contribution in [0, 0.1) is 11.3 Å². The Kier molecular flexibility index (Phi) is 7.43. The lowest BCUT2D eigenvalue weighted by Crippen LogP contribution is -2.47. The first kappa shape index (κ1) is 21.7. The van der Waals surface area contributed by atoms with Crippen molar-refractivity contribution in [3.63, 3.8) is 0 Å². The van der Waals surface area contributed by atoms with Crippen LogP contribution in [0.3, 0.4) is 0 Å². The minimum Gasteiger partial charge on any atom is -0.484 e. The van der Waals surface area contributed by atoms with Crippen molar-refractivity contribution in [2.24, 2.45) is 11.3 Å². The summed E-state index contributed by atoms with van der Waals surface area (Å²) in [6.07, 6.45) is 1.60. The maximum absolute atomic E-state index is 12.6. The van der Waals surface area contributed by atoms with E-state index < -0.39 is 5.41 Å². The Morgan fingerprint density at radius 2 is 1.86 bits per heavy atom. The third-order valence-corrected chi connectivity index (χ3v) is 4.59. The van der Waals surface area contributed by atoms with E-state index in [0.29, 0.717) is 31.1 Å². The van der Waals surface area contributed by atoms with Crippen molar-refractivity contribution in [1.82, 2.24) is 10.2 Å². The number of ether oxygens (including phenoxy) is 1. The highest BCUT2D eigenvalue weighted by Crippen LogP contribution is 2.25. The van der Waals surface area contributed by atoms with Gasteiger partial charge in [0.2, 0.25) is 11.8 Å². The summed E-state index contributed by atoms with van der Waals surface area (Å²) in [6.45, 7) is 9.22. The summed E-state index contributed by atoms with van der Waals surface area (Å²) in [5.74, 6) is 0.171. The second kappa shape index (κ2) is 9.57. The van der Waals surface area contributed by atoms with Gasteiger partial charge in [0.15, 0.2) is 6.61 Å². The van der Waals surface area contributed by atoms with Gasteiger partial charge in [0.25, 0.3) is 5.91 Å². The summed E-state index contributed by atoms with van der Waals surface area (Å²) in [4.78, 5) is 38.3. The van der Waals surface area contributed by atoms with Crippen molar-refractivity contribution in [2.45, 2.75) is 40.5 Å². The lowest BCUT2D eigenvalue weighted by Gasteiger charge is -2.35. The lowest BCUT2D eigenvalue weighted by molar-refractivity contribution is -0.142. The summed E-state index contributed by atoms with van der Waals surface area (Å²) in [5, 5.41) is 5.57. The lowest BCUT2D eigenvalue weighted by atomic mass is 9.91. The predicted molar refractivity (Wildman–Crippen MR) is 108 cm³/mol. The summed E-state index contributed by atoms with van der Waals surface area (Å²) in [7, 11) is 0. The number of benzene rings is 1. The molecule has 0 radical (unpaired) electrons. The van der Waals surface area contributed by atoms with Gasteiger partial charge in [0.1, 0.15) is 5.75 Å². The highest BCUT2D eigenvalue weighted by atomic mass is 16.5. The van der Waals surface area contributed by atoms with Gasteiger partial charge in [0, 0.05) is 30.7 Å². The third kappa shape index (κ3) is 6.25. The van der Waals surface area contributed by atoms with Crippen molar-refractivity contribution in [2.75, 3.05) is 31.6 Å². The van der Waals surface area contributed by atoms with E-state index in [1.807, 2.05) is 27.7 Å². The number of carbonyl (C=O) groups excluding carboxylic acids is 3. The molecule has 1 aliphatic rings. The molecule has 1 atom stereocenters. The molecule has 1 heterocycles. The van der Waals surface area contributed by atoms with Crippen LogP contribution in [-0.2, 0) is 14.4 Å². The van der Waals surface area contributed by atoms with Crippen LogP contribution in [0.5, 0.6) is 5.75 Å². The largest absolute Gasteiger partial charge is 0.484 e. The molecule has 0 bridgehead atoms. The number of piperidine rings is 1. The number of likely N-dealkylation sites (N-methyl/N-ethyl adjacent to an activating group) is 1. The summed E-state index contributed by atoms with van der Waals surface area (Å²) < 4.78 is 5.40. The molecule has 0 saturated carbocycles. The van der Waals surface area contributed by atoms with Crippen LogP contribution in [0.4, 0.5) is 5.69 Å². The van der Waals surface area contributed by atoms with Crippen molar-refractivity contribution in [1.29, 1.82) is 0 Å². The SMILES string of the molecule is CCNC(=O)COc1ccc(NC(=O)C2CCCN(C(=O)C(C)(C)C)C2)cc1. The Morgan fingerprint density at radius 3 is 2.46 bits per heavy atom. The summed E-state index contributed by atoms with van der Waals surface area (Å²) in [6, 6.07) is 6.91. The van der Waals surface area contributed by atoms with Gasteiger partial charge in [0.05, 0.1) is 5.92 Å². The van der Waals surface area contributed by atoms with E-state index in [0.717, 1.165) is 12.8 Å². The van der Waals surface area contributed by atoms with Crippen LogP contribution in [0.15, 0.2) is 24.3 Å². The number of nitrogens with one attached hydrogen (secondary N) is 2. The molecule has 0 spiro atoms. The maximum atomic E-state index is 12.6. The van der Waals surface area contributed by atoms with Gasteiger partial charge in [-0.1, -0.05) is 20.8 Å². The molecule has 0 aromatic heterocycles. The maximum Gasteiger partial charge on any atom is 0.257 e. The van der Waals surface area contributed by atoms with E-state index in [-0.39, 0.29) is 30.2 Å². The minimum absolute atomic E-state index is 0.0424. The molecule has 3 amide bonds. The molecular formula is C21H31N3O4. The zero-order chi connectivity index (χ0) is 20.7. The number of rotatable bonds is 6. The van der Waals surface area contributed by atoms with Crippen LogP contribution >= 0.6 is 0 Å². The number of likely N-dealkylation sites (tertiary alicyclic amines) is 1. The van der Waals surface area contributed by atoms with E-state index in [1.54, 1.807) is 29.2 Å². The Balaban J connectivity index is 1.88. The first-order valence-electron chi connectivity index (χ1n) is 9.80. The fraction of sp³-hybridized carbons (Fsp3) is 0.571. The van der Waals surface area contributed by atoms with Crippen molar-refractivity contribution in [3.05, 3.63) is 24.3 Å². The highest BCUT2D eigenvalue weighted by molar-refractivity contribution is 5.93. The zero-order valence-corrected chi connectivity index (χ0v) is 17.2. The molecule has 7 nitrogen and oxygen atoms in total. The van der Waals surface area contributed by atoms with E-state index in [9.17, 15) is 14.4 Å². The Hall–Kier alpha value is -2.57. The quantitative estimate of drug-likeness (QED) is 0.782. The molecule has 7 heteroatoms. The van der Waals surface area contributed by atoms with E-state index >= 15 is 0 Å². The Labute approximate surface area is 166 Å². The average Bonchev–Trinajstić information content (AvgIpc) is 2.66. The van der Waals surface area contributed by atoms with Crippen molar-refractivity contribution < 1.29 is 19.1 Å². The van der Waals surface area contributed by atoms with Gasteiger partial charge < -0.3 is 20.3 Å². The van der Waals surface area contributed by atoms with Crippen molar-refractivity contribution >= 4 is 23.4 Å². The second-order valence-corrected chi connectivity index (χ2v) is 8.10. The van der Waals surface area contributed by atoms with Crippen LogP contribution in [-0.4, -0.2) is 48.9 Å². The smallest absolute Gasteiger partial charge is 0.257 e. The normalized spacial score (nSPS) is 17.0. The second-order valence-electron chi connectivity index (χ2n) is 8.10. The van der Waals surface area contributed by atoms with E-state index in [4.69, 9.17) is 4.74 Å². The van der Waals surface area contributed by atoms with Gasteiger partial charge in [-0.2, -0.15) is 0 Å². The van der Waals surface area contributed by atoms with Gasteiger partial charge in [-0.25, -0.2) is 0 Å². The molecule has 1 aromatic rings. The standard InChI is InChI=1S/C21H31N3O4/c1-5-22-18(25)14-28-17-10-8-16(9-11-17)23-19(26)15-7-6-12-24(13-15)20(27)21(2,3)4/h8-11,15H,5-7,12-14H2,1-4H3,(H,22,25)(H,23,26). The van der Waals surface area contributed by atoms with Crippen molar-refractivity contribution in [3.8, 4) is 5.75 Å². The molecule has 0 aliphatic carbocycles. The molecule has 28 heavy (non-hydrogen) atoms. The number of hydrogen-bond donors (Lipinski definition) is 2. The van der Waals surface area contributed by atoms with Gasteiger partial charge in [-0.3, -0.25) is 14.4 Å². The summed E-state index contributed by atoms with van der Waals surface area (Å²) >= 11 is 0. The molecule has 1 unspecified atom stereocenters. The minimum atomic E-state index is -0.442. The molecular weight excluding hydrogens is 358 g/mol. The predicted octanol–water partition coefficient (Wildman–Crippen LogP) is 2.42. The Bertz CT molecular complexity index is 695. The number of carbonyl (C=O) groups is 3. The monoisotopic (exact) mass is 389 g/mol. The molecule has 2 rings (SSSR count). The molecule has 154 valence electrons.